The number of hydrogen-bond acceptors (Lipinski definition) is 3. The van der Waals surface area contributed by atoms with Crippen LogP contribution in [0.3, 0.4) is 0 Å². The van der Waals surface area contributed by atoms with E-state index in [-0.39, 0.29) is 11.5 Å². The number of anilines is 1. The molecule has 2 N–H and O–H groups in total. The highest BCUT2D eigenvalue weighted by Gasteiger charge is 2.13. The number of hydrogen-bond donors (Lipinski definition) is 2. The molecule has 0 unspecified atom stereocenters. The second-order valence-electron chi connectivity index (χ2n) is 4.20. The van der Waals surface area contributed by atoms with Crippen LogP contribution in [0, 0.1) is 13.8 Å². The van der Waals surface area contributed by atoms with Crippen LogP contribution >= 0.6 is 11.3 Å². The van der Waals surface area contributed by atoms with Gasteiger partial charge in [-0.3, -0.25) is 4.79 Å². The van der Waals surface area contributed by atoms with Crippen LogP contribution in [0.15, 0.2) is 29.6 Å². The van der Waals surface area contributed by atoms with E-state index in [1.54, 1.807) is 25.1 Å². The van der Waals surface area contributed by atoms with Gasteiger partial charge in [0.1, 0.15) is 0 Å². The number of rotatable bonds is 3. The predicted octanol–water partition coefficient (Wildman–Crippen LogP) is 3.32. The summed E-state index contributed by atoms with van der Waals surface area (Å²) < 4.78 is 0. The average molecular weight is 275 g/mol. The van der Waals surface area contributed by atoms with Crippen LogP contribution < -0.4 is 5.32 Å². The fraction of sp³-hybridized carbons (Fsp3) is 0.143. The molecule has 1 aromatic heterocycles. The van der Waals surface area contributed by atoms with Gasteiger partial charge in [-0.05, 0) is 48.6 Å². The Balaban J connectivity index is 2.31. The molecule has 1 aromatic carbocycles. The number of aryl methyl sites for hydroxylation is 1. The summed E-state index contributed by atoms with van der Waals surface area (Å²) in [6, 6.07) is 6.77. The quantitative estimate of drug-likeness (QED) is 0.903. The number of carbonyl (C=O) groups excluding carboxylic acids is 1. The number of benzene rings is 1. The van der Waals surface area contributed by atoms with E-state index in [0.29, 0.717) is 16.1 Å². The minimum atomic E-state index is -0.993. The lowest BCUT2D eigenvalue weighted by Gasteiger charge is -2.10. The molecule has 0 aliphatic carbocycles. The molecular weight excluding hydrogens is 262 g/mol. The Morgan fingerprint density at radius 1 is 1.26 bits per heavy atom. The Bertz CT molecular complexity index is 632. The number of thiophene rings is 1. The number of nitrogens with one attached hydrogen (secondary N) is 1. The van der Waals surface area contributed by atoms with Crippen molar-refractivity contribution in [1.29, 1.82) is 0 Å². The van der Waals surface area contributed by atoms with Gasteiger partial charge in [0.05, 0.1) is 10.4 Å². The van der Waals surface area contributed by atoms with E-state index in [1.165, 1.54) is 17.4 Å². The summed E-state index contributed by atoms with van der Waals surface area (Å²) in [5.41, 5.74) is 2.25. The summed E-state index contributed by atoms with van der Waals surface area (Å²) in [5.74, 6) is -1.22. The summed E-state index contributed by atoms with van der Waals surface area (Å²) in [6.45, 7) is 3.58. The van der Waals surface area contributed by atoms with Gasteiger partial charge in [0.15, 0.2) is 0 Å². The van der Waals surface area contributed by atoms with Crippen molar-refractivity contribution in [3.63, 3.8) is 0 Å². The number of amides is 1. The van der Waals surface area contributed by atoms with Crippen molar-refractivity contribution in [1.82, 2.24) is 0 Å². The van der Waals surface area contributed by atoms with E-state index < -0.39 is 5.97 Å². The van der Waals surface area contributed by atoms with Crippen molar-refractivity contribution in [3.8, 4) is 0 Å². The van der Waals surface area contributed by atoms with Crippen LogP contribution in [0.2, 0.25) is 0 Å². The molecule has 1 heterocycles. The molecule has 2 rings (SSSR count). The van der Waals surface area contributed by atoms with Gasteiger partial charge in [-0.2, -0.15) is 0 Å². The molecule has 0 saturated heterocycles. The normalized spacial score (nSPS) is 10.2. The topological polar surface area (TPSA) is 66.4 Å². The molecule has 98 valence electrons. The molecule has 0 bridgehead atoms. The fourth-order valence-corrected chi connectivity index (χ4v) is 2.37. The Hall–Kier alpha value is -2.14. The molecule has 0 aliphatic rings. The zero-order chi connectivity index (χ0) is 14.0. The van der Waals surface area contributed by atoms with Crippen LogP contribution in [-0.2, 0) is 0 Å². The first kappa shape index (κ1) is 13.3. The second kappa shape index (κ2) is 5.24. The Morgan fingerprint density at radius 3 is 2.58 bits per heavy atom. The first-order valence-electron chi connectivity index (χ1n) is 5.68. The van der Waals surface area contributed by atoms with E-state index in [4.69, 9.17) is 5.11 Å². The van der Waals surface area contributed by atoms with Gasteiger partial charge in [0.2, 0.25) is 0 Å². The molecule has 0 atom stereocenters. The maximum atomic E-state index is 11.9. The molecule has 5 heteroatoms. The third kappa shape index (κ3) is 2.82. The van der Waals surface area contributed by atoms with Gasteiger partial charge in [-0.15, -0.1) is 11.3 Å². The molecular formula is C14H13NO3S. The lowest BCUT2D eigenvalue weighted by atomic mass is 10.0. The van der Waals surface area contributed by atoms with Crippen molar-refractivity contribution < 1.29 is 14.7 Å². The third-order valence-electron chi connectivity index (χ3n) is 2.90. The molecule has 0 spiro atoms. The lowest BCUT2D eigenvalue weighted by Crippen LogP contribution is -2.12. The van der Waals surface area contributed by atoms with Gasteiger partial charge in [-0.25, -0.2) is 4.79 Å². The molecule has 1 amide bonds. The van der Waals surface area contributed by atoms with E-state index in [0.717, 1.165) is 5.56 Å². The molecule has 19 heavy (non-hydrogen) atoms. The summed E-state index contributed by atoms with van der Waals surface area (Å²) in [4.78, 5) is 23.6. The SMILES string of the molecule is Cc1cc(NC(=O)c2cccs2)cc(C(=O)O)c1C. The van der Waals surface area contributed by atoms with Crippen molar-refractivity contribution in [2.75, 3.05) is 5.32 Å². The monoisotopic (exact) mass is 275 g/mol. The van der Waals surface area contributed by atoms with E-state index in [9.17, 15) is 9.59 Å². The van der Waals surface area contributed by atoms with Gasteiger partial charge < -0.3 is 10.4 Å². The average Bonchev–Trinajstić information content (AvgIpc) is 2.86. The van der Waals surface area contributed by atoms with Crippen molar-refractivity contribution in [2.45, 2.75) is 13.8 Å². The summed E-state index contributed by atoms with van der Waals surface area (Å²) in [6.07, 6.45) is 0. The van der Waals surface area contributed by atoms with Crippen molar-refractivity contribution in [2.24, 2.45) is 0 Å². The Kier molecular flexibility index (Phi) is 3.66. The summed E-state index contributed by atoms with van der Waals surface area (Å²) in [5, 5.41) is 13.7. The molecule has 0 saturated carbocycles. The molecule has 4 nitrogen and oxygen atoms in total. The van der Waals surface area contributed by atoms with Crippen LogP contribution in [0.1, 0.15) is 31.2 Å². The van der Waals surface area contributed by atoms with Gasteiger partial charge in [-0.1, -0.05) is 6.07 Å². The van der Waals surface area contributed by atoms with Crippen LogP contribution in [0.5, 0.6) is 0 Å². The first-order valence-corrected chi connectivity index (χ1v) is 6.56. The molecule has 0 aliphatic heterocycles. The standard InChI is InChI=1S/C14H13NO3S/c1-8-6-10(7-11(9(8)2)14(17)18)15-13(16)12-4-3-5-19-12/h3-7H,1-2H3,(H,15,16)(H,17,18). The third-order valence-corrected chi connectivity index (χ3v) is 3.77. The molecule has 0 fully saturated rings. The number of carboxylic acid groups (broad SMARTS) is 1. The largest absolute Gasteiger partial charge is 0.478 e. The minimum Gasteiger partial charge on any atom is -0.478 e. The Morgan fingerprint density at radius 2 is 2.00 bits per heavy atom. The smallest absolute Gasteiger partial charge is 0.336 e. The minimum absolute atomic E-state index is 0.210. The summed E-state index contributed by atoms with van der Waals surface area (Å²) in [7, 11) is 0. The van der Waals surface area contributed by atoms with E-state index >= 15 is 0 Å². The number of carbonyl (C=O) groups is 2. The van der Waals surface area contributed by atoms with E-state index in [1.807, 2.05) is 12.3 Å². The maximum absolute atomic E-state index is 11.9. The molecule has 2 aromatic rings. The predicted molar refractivity (Wildman–Crippen MR) is 75.1 cm³/mol. The maximum Gasteiger partial charge on any atom is 0.336 e. The van der Waals surface area contributed by atoms with Crippen LogP contribution in [0.25, 0.3) is 0 Å². The first-order chi connectivity index (χ1) is 8.99. The second-order valence-corrected chi connectivity index (χ2v) is 5.15. The highest BCUT2D eigenvalue weighted by molar-refractivity contribution is 7.12. The van der Waals surface area contributed by atoms with Gasteiger partial charge >= 0.3 is 5.97 Å². The zero-order valence-corrected chi connectivity index (χ0v) is 11.4. The lowest BCUT2D eigenvalue weighted by molar-refractivity contribution is 0.0695. The fourth-order valence-electron chi connectivity index (χ4n) is 1.75. The van der Waals surface area contributed by atoms with Gasteiger partial charge in [0, 0.05) is 5.69 Å². The number of carboxylic acids is 1. The van der Waals surface area contributed by atoms with Crippen LogP contribution in [0.4, 0.5) is 5.69 Å². The summed E-state index contributed by atoms with van der Waals surface area (Å²) >= 11 is 1.34. The van der Waals surface area contributed by atoms with Crippen LogP contribution in [-0.4, -0.2) is 17.0 Å². The highest BCUT2D eigenvalue weighted by atomic mass is 32.1. The zero-order valence-electron chi connectivity index (χ0n) is 10.6. The van der Waals surface area contributed by atoms with Crippen molar-refractivity contribution >= 4 is 28.9 Å². The van der Waals surface area contributed by atoms with E-state index in [2.05, 4.69) is 5.32 Å². The Labute approximate surface area is 114 Å². The van der Waals surface area contributed by atoms with Crippen molar-refractivity contribution in [3.05, 3.63) is 51.2 Å². The molecule has 0 radical (unpaired) electrons. The number of aromatic carboxylic acids is 1. The van der Waals surface area contributed by atoms with Gasteiger partial charge in [0.25, 0.3) is 5.91 Å². The highest BCUT2D eigenvalue weighted by Crippen LogP contribution is 2.21.